The molecule has 2 aromatic carbocycles. The van der Waals surface area contributed by atoms with Crippen LogP contribution in [0.2, 0.25) is 5.02 Å². The van der Waals surface area contributed by atoms with E-state index in [2.05, 4.69) is 5.32 Å². The predicted octanol–water partition coefficient (Wildman–Crippen LogP) is 5.35. The lowest BCUT2D eigenvalue weighted by atomic mass is 10.0. The van der Waals surface area contributed by atoms with E-state index in [4.69, 9.17) is 16.3 Å². The van der Waals surface area contributed by atoms with E-state index in [1.807, 2.05) is 20.8 Å². The summed E-state index contributed by atoms with van der Waals surface area (Å²) < 4.78 is 31.9. The van der Waals surface area contributed by atoms with Gasteiger partial charge in [-0.2, -0.15) is 0 Å². The Hall–Kier alpha value is -2.05. The quantitative estimate of drug-likeness (QED) is 0.651. The first-order chi connectivity index (χ1) is 13.1. The van der Waals surface area contributed by atoms with E-state index in [9.17, 15) is 13.2 Å². The average molecular weight is 424 g/mol. The fourth-order valence-corrected chi connectivity index (χ4v) is 5.18. The highest BCUT2D eigenvalue weighted by Gasteiger charge is 2.25. The number of methoxy groups -OCH3 is 1. The molecule has 0 spiro atoms. The van der Waals surface area contributed by atoms with Crippen LogP contribution in [-0.4, -0.2) is 21.4 Å². The number of benzene rings is 2. The first kappa shape index (κ1) is 22.2. The molecule has 2 aromatic rings. The molecule has 152 valence electrons. The van der Waals surface area contributed by atoms with E-state index in [0.717, 1.165) is 12.0 Å². The maximum Gasteiger partial charge on any atom is 0.224 e. The Morgan fingerprint density at radius 1 is 1.21 bits per heavy atom. The number of anilines is 1. The highest BCUT2D eigenvalue weighted by atomic mass is 35.5. The summed E-state index contributed by atoms with van der Waals surface area (Å²) in [7, 11) is -2.28. The number of nitrogens with one attached hydrogen (secondary N) is 1. The Kier molecular flexibility index (Phi) is 7.12. The van der Waals surface area contributed by atoms with Gasteiger partial charge in [0.1, 0.15) is 5.75 Å². The van der Waals surface area contributed by atoms with Crippen molar-refractivity contribution in [3.63, 3.8) is 0 Å². The van der Waals surface area contributed by atoms with E-state index < -0.39 is 9.84 Å². The Morgan fingerprint density at radius 3 is 2.43 bits per heavy atom. The van der Waals surface area contributed by atoms with Crippen LogP contribution in [0.25, 0.3) is 0 Å². The van der Waals surface area contributed by atoms with Crippen LogP contribution in [0.5, 0.6) is 5.75 Å². The lowest BCUT2D eigenvalue weighted by Gasteiger charge is -2.16. The van der Waals surface area contributed by atoms with Crippen molar-refractivity contribution >= 4 is 33.0 Å². The van der Waals surface area contributed by atoms with Crippen LogP contribution in [0, 0.1) is 6.92 Å². The zero-order valence-corrected chi connectivity index (χ0v) is 18.4. The van der Waals surface area contributed by atoms with Gasteiger partial charge in [-0.3, -0.25) is 4.79 Å². The number of hydrogen-bond acceptors (Lipinski definition) is 4. The third kappa shape index (κ3) is 4.67. The monoisotopic (exact) mass is 423 g/mol. The van der Waals surface area contributed by atoms with Crippen molar-refractivity contribution in [2.75, 3.05) is 12.4 Å². The van der Waals surface area contributed by atoms with E-state index in [1.54, 1.807) is 32.2 Å². The van der Waals surface area contributed by atoms with Gasteiger partial charge in [0.05, 0.1) is 21.9 Å². The topological polar surface area (TPSA) is 72.5 Å². The third-order valence-electron chi connectivity index (χ3n) is 4.39. The molecular weight excluding hydrogens is 398 g/mol. The summed E-state index contributed by atoms with van der Waals surface area (Å²) in [5, 5.41) is 2.82. The summed E-state index contributed by atoms with van der Waals surface area (Å²) >= 11 is 6.34. The van der Waals surface area contributed by atoms with Crippen LogP contribution in [0.15, 0.2) is 40.1 Å². The molecule has 1 amide bonds. The largest absolute Gasteiger partial charge is 0.496 e. The summed E-state index contributed by atoms with van der Waals surface area (Å²) in [6.07, 6.45) is 1.11. The maximum absolute atomic E-state index is 13.3. The van der Waals surface area contributed by atoms with Crippen LogP contribution in [-0.2, 0) is 14.6 Å². The summed E-state index contributed by atoms with van der Waals surface area (Å²) in [4.78, 5) is 12.0. The fraction of sp³-hybridized carbons (Fsp3) is 0.381. The van der Waals surface area contributed by atoms with Gasteiger partial charge >= 0.3 is 0 Å². The van der Waals surface area contributed by atoms with E-state index in [1.165, 1.54) is 12.1 Å². The number of sulfone groups is 1. The molecule has 0 saturated carbocycles. The van der Waals surface area contributed by atoms with Crippen LogP contribution < -0.4 is 10.1 Å². The van der Waals surface area contributed by atoms with Crippen molar-refractivity contribution in [2.45, 2.75) is 56.2 Å². The smallest absolute Gasteiger partial charge is 0.224 e. The van der Waals surface area contributed by atoms with Crippen LogP contribution in [0.3, 0.4) is 0 Å². The minimum Gasteiger partial charge on any atom is -0.496 e. The molecule has 2 rings (SSSR count). The molecule has 0 fully saturated rings. The van der Waals surface area contributed by atoms with Gasteiger partial charge in [0, 0.05) is 12.1 Å². The summed E-state index contributed by atoms with van der Waals surface area (Å²) in [6, 6.07) is 7.91. The molecule has 0 saturated heterocycles. The highest BCUT2D eigenvalue weighted by molar-refractivity contribution is 7.91. The van der Waals surface area contributed by atoms with Gasteiger partial charge in [-0.15, -0.1) is 0 Å². The molecule has 0 unspecified atom stereocenters. The number of amides is 1. The Labute approximate surface area is 172 Å². The van der Waals surface area contributed by atoms with Crippen LogP contribution >= 0.6 is 11.6 Å². The molecule has 5 nitrogen and oxygen atoms in total. The number of halogens is 1. The molecule has 0 bridgehead atoms. The zero-order valence-electron chi connectivity index (χ0n) is 16.8. The molecule has 1 N–H and O–H groups in total. The second-order valence-electron chi connectivity index (χ2n) is 6.96. The minimum absolute atomic E-state index is 0.0440. The van der Waals surface area contributed by atoms with Gasteiger partial charge in [0.15, 0.2) is 0 Å². The summed E-state index contributed by atoms with van der Waals surface area (Å²) in [5.74, 6) is 0.605. The highest BCUT2D eigenvalue weighted by Crippen LogP contribution is 2.36. The van der Waals surface area contributed by atoms with E-state index in [0.29, 0.717) is 23.4 Å². The fourth-order valence-electron chi connectivity index (χ4n) is 3.04. The Balaban J connectivity index is 2.52. The van der Waals surface area contributed by atoms with Gasteiger partial charge in [-0.1, -0.05) is 32.4 Å². The molecule has 0 atom stereocenters. The van der Waals surface area contributed by atoms with Gasteiger partial charge in [-0.05, 0) is 60.7 Å². The van der Waals surface area contributed by atoms with Crippen molar-refractivity contribution in [3.8, 4) is 5.75 Å². The summed E-state index contributed by atoms with van der Waals surface area (Å²) in [5.41, 5.74) is 1.76. The van der Waals surface area contributed by atoms with Crippen molar-refractivity contribution < 1.29 is 17.9 Å². The molecule has 0 radical (unpaired) electrons. The van der Waals surface area contributed by atoms with Gasteiger partial charge in [0.25, 0.3) is 0 Å². The normalized spacial score (nSPS) is 11.5. The molecule has 0 heterocycles. The standard InChI is InChI=1S/C21H26ClNO4S/c1-6-7-20(24)23-15-10-14(4)21(18(22)11-15)28(25,26)16-8-9-19(27-5)17(12-16)13(2)3/h8-13H,6-7H2,1-5H3,(H,23,24). The SMILES string of the molecule is CCCC(=O)Nc1cc(C)c(S(=O)(=O)c2ccc(OC)c(C(C)C)c2)c(Cl)c1. The first-order valence-electron chi connectivity index (χ1n) is 9.14. The molecule has 7 heteroatoms. The number of carbonyl (C=O) groups excluding carboxylic acids is 1. The first-order valence-corrected chi connectivity index (χ1v) is 11.0. The second kappa shape index (κ2) is 8.97. The van der Waals surface area contributed by atoms with Gasteiger partial charge < -0.3 is 10.1 Å². The Bertz CT molecular complexity index is 961. The number of aryl methyl sites for hydroxylation is 1. The van der Waals surface area contributed by atoms with Crippen molar-refractivity contribution in [2.24, 2.45) is 0 Å². The summed E-state index contributed by atoms with van der Waals surface area (Å²) in [6.45, 7) is 7.52. The second-order valence-corrected chi connectivity index (χ2v) is 9.26. The van der Waals surface area contributed by atoms with Crippen LogP contribution in [0.4, 0.5) is 5.69 Å². The number of hydrogen-bond donors (Lipinski definition) is 1. The van der Waals surface area contributed by atoms with Crippen molar-refractivity contribution in [1.82, 2.24) is 0 Å². The third-order valence-corrected chi connectivity index (χ3v) is 6.76. The number of rotatable bonds is 7. The molecule has 28 heavy (non-hydrogen) atoms. The molecule has 0 aromatic heterocycles. The molecule has 0 aliphatic carbocycles. The number of ether oxygens (including phenoxy) is 1. The van der Waals surface area contributed by atoms with Crippen molar-refractivity contribution in [1.29, 1.82) is 0 Å². The minimum atomic E-state index is -3.84. The van der Waals surface area contributed by atoms with Gasteiger partial charge in [-0.25, -0.2) is 8.42 Å². The molecule has 0 aliphatic heterocycles. The van der Waals surface area contributed by atoms with Crippen LogP contribution in [0.1, 0.15) is 50.7 Å². The lowest BCUT2D eigenvalue weighted by Crippen LogP contribution is -2.12. The lowest BCUT2D eigenvalue weighted by molar-refractivity contribution is -0.116. The maximum atomic E-state index is 13.3. The number of carbonyl (C=O) groups is 1. The Morgan fingerprint density at radius 2 is 1.89 bits per heavy atom. The van der Waals surface area contributed by atoms with E-state index >= 15 is 0 Å². The zero-order chi connectivity index (χ0) is 21.1. The van der Waals surface area contributed by atoms with Crippen molar-refractivity contribution in [3.05, 3.63) is 46.5 Å². The predicted molar refractivity (Wildman–Crippen MR) is 112 cm³/mol. The van der Waals surface area contributed by atoms with E-state index in [-0.39, 0.29) is 26.6 Å². The average Bonchev–Trinajstić information content (AvgIpc) is 2.60. The van der Waals surface area contributed by atoms with Gasteiger partial charge in [0.2, 0.25) is 15.7 Å². The molecule has 0 aliphatic rings. The molecular formula is C21H26ClNO4S.